The molecule has 2 heterocycles. The van der Waals surface area contributed by atoms with Crippen LogP contribution < -0.4 is 0 Å². The number of aromatic nitrogens is 1. The number of aliphatic carboxylic acids is 1. The van der Waals surface area contributed by atoms with E-state index in [-0.39, 0.29) is 25.0 Å². The number of aliphatic hydroxyl groups is 1. The summed E-state index contributed by atoms with van der Waals surface area (Å²) in [6, 6.07) is 3.74. The van der Waals surface area contributed by atoms with Crippen LogP contribution in [0.2, 0.25) is 0 Å². The molecule has 2 N–H and O–H groups in total. The molecule has 2 rings (SSSR count). The van der Waals surface area contributed by atoms with Crippen molar-refractivity contribution in [1.29, 1.82) is 0 Å². The van der Waals surface area contributed by atoms with Crippen molar-refractivity contribution in [3.05, 3.63) is 42.2 Å². The lowest BCUT2D eigenvalue weighted by molar-refractivity contribution is -0.138. The average molecular weight is 376 g/mol. The van der Waals surface area contributed by atoms with E-state index < -0.39 is 12.1 Å². The Morgan fingerprint density at radius 2 is 2.30 bits per heavy atom. The maximum Gasteiger partial charge on any atom is 0.305 e. The molecule has 1 aliphatic heterocycles. The van der Waals surface area contributed by atoms with Gasteiger partial charge < -0.3 is 19.8 Å². The van der Waals surface area contributed by atoms with E-state index in [1.165, 1.54) is 0 Å². The Labute approximate surface area is 159 Å². The standard InChI is InChI=1S/C20H28N2O5/c23-18(14-16-4-2-10-21-15-16)8-7-17-5-1-6-19(24)22(17)11-3-12-27-13-9-20(25)26/h2,4,7-8,10,15,17-18,23H,1,3,5-6,9,11-14H2,(H,25,26)/b8-7+/t17-,18?/m1/s1. The van der Waals surface area contributed by atoms with Gasteiger partial charge in [-0.1, -0.05) is 18.2 Å². The number of aliphatic hydroxyl groups excluding tert-OH is 1. The molecular weight excluding hydrogens is 348 g/mol. The first-order valence-corrected chi connectivity index (χ1v) is 9.40. The van der Waals surface area contributed by atoms with Crippen LogP contribution in [0.5, 0.6) is 0 Å². The summed E-state index contributed by atoms with van der Waals surface area (Å²) in [5, 5.41) is 18.8. The molecule has 7 heteroatoms. The molecule has 1 aromatic rings. The van der Waals surface area contributed by atoms with Crippen LogP contribution in [0, 0.1) is 0 Å². The highest BCUT2D eigenvalue weighted by Gasteiger charge is 2.25. The molecule has 0 bridgehead atoms. The van der Waals surface area contributed by atoms with E-state index in [1.807, 2.05) is 23.1 Å². The van der Waals surface area contributed by atoms with Gasteiger partial charge in [-0.2, -0.15) is 0 Å². The van der Waals surface area contributed by atoms with Crippen molar-refractivity contribution >= 4 is 11.9 Å². The summed E-state index contributed by atoms with van der Waals surface area (Å²) < 4.78 is 5.29. The summed E-state index contributed by atoms with van der Waals surface area (Å²) in [6.45, 7) is 1.18. The lowest BCUT2D eigenvalue weighted by Crippen LogP contribution is -2.43. The quantitative estimate of drug-likeness (QED) is 0.451. The van der Waals surface area contributed by atoms with Gasteiger partial charge >= 0.3 is 5.97 Å². The van der Waals surface area contributed by atoms with Gasteiger partial charge in [-0.05, 0) is 30.9 Å². The minimum Gasteiger partial charge on any atom is -0.481 e. The summed E-state index contributed by atoms with van der Waals surface area (Å²) in [4.78, 5) is 28.6. The van der Waals surface area contributed by atoms with E-state index in [0.29, 0.717) is 32.4 Å². The summed E-state index contributed by atoms with van der Waals surface area (Å²) in [7, 11) is 0. The van der Waals surface area contributed by atoms with Crippen LogP contribution in [0.15, 0.2) is 36.7 Å². The minimum absolute atomic E-state index is 0.0111. The smallest absolute Gasteiger partial charge is 0.305 e. The Kier molecular flexibility index (Phi) is 8.94. The van der Waals surface area contributed by atoms with Crippen molar-refractivity contribution in [1.82, 2.24) is 9.88 Å². The van der Waals surface area contributed by atoms with Crippen molar-refractivity contribution in [2.75, 3.05) is 19.8 Å². The first kappa shape index (κ1) is 21.1. The lowest BCUT2D eigenvalue weighted by atomic mass is 9.99. The van der Waals surface area contributed by atoms with Crippen LogP contribution in [-0.4, -0.2) is 63.9 Å². The van der Waals surface area contributed by atoms with Gasteiger partial charge in [0.2, 0.25) is 5.91 Å². The SMILES string of the molecule is O=C(O)CCOCCCN1C(=O)CCC[C@@H]1/C=C/C(O)Cc1cccnc1. The lowest BCUT2D eigenvalue weighted by Gasteiger charge is -2.34. The summed E-state index contributed by atoms with van der Waals surface area (Å²) in [5.74, 6) is -0.764. The Morgan fingerprint density at radius 1 is 1.44 bits per heavy atom. The topological polar surface area (TPSA) is 100.0 Å². The number of carbonyl (C=O) groups excluding carboxylic acids is 1. The van der Waals surface area contributed by atoms with E-state index in [9.17, 15) is 14.7 Å². The summed E-state index contributed by atoms with van der Waals surface area (Å²) in [6.07, 6.45) is 9.89. The number of carbonyl (C=O) groups is 2. The van der Waals surface area contributed by atoms with Gasteiger partial charge in [0.1, 0.15) is 0 Å². The van der Waals surface area contributed by atoms with Gasteiger partial charge in [-0.15, -0.1) is 0 Å². The van der Waals surface area contributed by atoms with E-state index in [2.05, 4.69) is 4.98 Å². The zero-order valence-corrected chi connectivity index (χ0v) is 15.5. The number of ether oxygens (including phenoxy) is 1. The fourth-order valence-corrected chi connectivity index (χ4v) is 3.12. The second kappa shape index (κ2) is 11.5. The van der Waals surface area contributed by atoms with Gasteiger partial charge in [-0.3, -0.25) is 14.6 Å². The van der Waals surface area contributed by atoms with Crippen LogP contribution in [-0.2, 0) is 20.7 Å². The minimum atomic E-state index is -0.878. The molecule has 148 valence electrons. The number of piperidine rings is 1. The number of carboxylic acids is 1. The molecule has 7 nitrogen and oxygen atoms in total. The molecule has 0 spiro atoms. The van der Waals surface area contributed by atoms with Crippen molar-refractivity contribution in [3.63, 3.8) is 0 Å². The van der Waals surface area contributed by atoms with E-state index >= 15 is 0 Å². The van der Waals surface area contributed by atoms with Crippen molar-refractivity contribution in [2.24, 2.45) is 0 Å². The van der Waals surface area contributed by atoms with E-state index in [1.54, 1.807) is 18.5 Å². The number of rotatable bonds is 11. The number of carboxylic acid groups (broad SMARTS) is 1. The number of hydrogen-bond donors (Lipinski definition) is 2. The maximum absolute atomic E-state index is 12.3. The van der Waals surface area contributed by atoms with Crippen LogP contribution in [0.4, 0.5) is 0 Å². The van der Waals surface area contributed by atoms with Crippen LogP contribution >= 0.6 is 0 Å². The molecule has 1 fully saturated rings. The predicted octanol–water partition coefficient (Wildman–Crippen LogP) is 1.80. The van der Waals surface area contributed by atoms with Crippen LogP contribution in [0.25, 0.3) is 0 Å². The summed E-state index contributed by atoms with van der Waals surface area (Å²) >= 11 is 0. The first-order chi connectivity index (χ1) is 13.1. The zero-order chi connectivity index (χ0) is 19.5. The third-order valence-corrected chi connectivity index (χ3v) is 4.48. The molecule has 0 aromatic carbocycles. The van der Waals surface area contributed by atoms with E-state index in [4.69, 9.17) is 9.84 Å². The van der Waals surface area contributed by atoms with E-state index in [0.717, 1.165) is 18.4 Å². The normalized spacial score (nSPS) is 18.8. The molecule has 2 atom stereocenters. The highest BCUT2D eigenvalue weighted by molar-refractivity contribution is 5.77. The Hall–Kier alpha value is -2.25. The van der Waals surface area contributed by atoms with Crippen LogP contribution in [0.1, 0.15) is 37.7 Å². The predicted molar refractivity (Wildman–Crippen MR) is 100 cm³/mol. The number of amides is 1. The number of pyridine rings is 1. The Morgan fingerprint density at radius 3 is 3.04 bits per heavy atom. The second-order valence-electron chi connectivity index (χ2n) is 6.67. The molecular formula is C20H28N2O5. The average Bonchev–Trinajstić information content (AvgIpc) is 2.65. The molecule has 0 radical (unpaired) electrons. The Bertz CT molecular complexity index is 620. The maximum atomic E-state index is 12.3. The third kappa shape index (κ3) is 7.88. The molecule has 1 amide bonds. The molecule has 1 aliphatic rings. The highest BCUT2D eigenvalue weighted by atomic mass is 16.5. The molecule has 1 aromatic heterocycles. The van der Waals surface area contributed by atoms with Gasteiger partial charge in [0.15, 0.2) is 0 Å². The highest BCUT2D eigenvalue weighted by Crippen LogP contribution is 2.20. The molecule has 1 unspecified atom stereocenters. The number of hydrogen-bond acceptors (Lipinski definition) is 5. The third-order valence-electron chi connectivity index (χ3n) is 4.48. The van der Waals surface area contributed by atoms with Gasteiger partial charge in [-0.25, -0.2) is 0 Å². The van der Waals surface area contributed by atoms with Gasteiger partial charge in [0, 0.05) is 38.4 Å². The fraction of sp³-hybridized carbons (Fsp3) is 0.550. The Balaban J connectivity index is 1.79. The van der Waals surface area contributed by atoms with Crippen molar-refractivity contribution in [3.8, 4) is 0 Å². The summed E-state index contributed by atoms with van der Waals surface area (Å²) in [5.41, 5.74) is 0.963. The largest absolute Gasteiger partial charge is 0.481 e. The van der Waals surface area contributed by atoms with Gasteiger partial charge in [0.25, 0.3) is 0 Å². The first-order valence-electron chi connectivity index (χ1n) is 9.40. The molecule has 27 heavy (non-hydrogen) atoms. The molecule has 0 saturated carbocycles. The second-order valence-corrected chi connectivity index (χ2v) is 6.67. The number of likely N-dealkylation sites (tertiary alicyclic amines) is 1. The molecule has 1 saturated heterocycles. The van der Waals surface area contributed by atoms with Gasteiger partial charge in [0.05, 0.1) is 25.2 Å². The van der Waals surface area contributed by atoms with Crippen molar-refractivity contribution in [2.45, 2.75) is 50.7 Å². The molecule has 0 aliphatic carbocycles. The van der Waals surface area contributed by atoms with Crippen LogP contribution in [0.3, 0.4) is 0 Å². The van der Waals surface area contributed by atoms with Crippen molar-refractivity contribution < 1.29 is 24.5 Å². The zero-order valence-electron chi connectivity index (χ0n) is 15.5. The monoisotopic (exact) mass is 376 g/mol. The fourth-order valence-electron chi connectivity index (χ4n) is 3.12. The number of nitrogens with zero attached hydrogens (tertiary/aromatic N) is 2.